The molecule has 0 unspecified atom stereocenters. The van der Waals surface area contributed by atoms with Gasteiger partial charge in [-0.25, -0.2) is 0 Å². The van der Waals surface area contributed by atoms with Gasteiger partial charge in [0.05, 0.1) is 16.8 Å². The summed E-state index contributed by atoms with van der Waals surface area (Å²) in [5, 5.41) is 3.97. The van der Waals surface area contributed by atoms with Gasteiger partial charge in [0.1, 0.15) is 0 Å². The summed E-state index contributed by atoms with van der Waals surface area (Å²) in [7, 11) is 1.65. The van der Waals surface area contributed by atoms with Crippen molar-refractivity contribution in [2.45, 2.75) is 6.92 Å². The van der Waals surface area contributed by atoms with Crippen LogP contribution in [0.1, 0.15) is 5.56 Å². The summed E-state index contributed by atoms with van der Waals surface area (Å²) in [6, 6.07) is 4.03. The zero-order valence-corrected chi connectivity index (χ0v) is 9.00. The maximum absolute atomic E-state index is 6.05. The molecule has 0 atom stereocenters. The van der Waals surface area contributed by atoms with E-state index < -0.39 is 0 Å². The van der Waals surface area contributed by atoms with E-state index in [0.717, 1.165) is 10.4 Å². The van der Waals surface area contributed by atoms with Gasteiger partial charge in [-0.05, 0) is 35.4 Å². The summed E-state index contributed by atoms with van der Waals surface area (Å²) in [6.45, 7) is 2.06. The third-order valence-electron chi connectivity index (χ3n) is 2.06. The first kappa shape index (κ1) is 8.85. The van der Waals surface area contributed by atoms with Gasteiger partial charge in [-0.1, -0.05) is 11.6 Å². The van der Waals surface area contributed by atoms with Crippen molar-refractivity contribution in [2.75, 3.05) is 7.11 Å². The molecule has 2 rings (SSSR count). The Labute approximate surface area is 85.9 Å². The Morgan fingerprint density at radius 1 is 1.46 bits per heavy atom. The maximum Gasteiger partial charge on any atom is 0.155 e. The zero-order chi connectivity index (χ0) is 9.42. The van der Waals surface area contributed by atoms with Gasteiger partial charge >= 0.3 is 0 Å². The first-order chi connectivity index (χ1) is 6.24. The van der Waals surface area contributed by atoms with E-state index in [2.05, 4.69) is 18.4 Å². The first-order valence-corrected chi connectivity index (χ1v) is 5.20. The van der Waals surface area contributed by atoms with E-state index in [9.17, 15) is 0 Å². The van der Waals surface area contributed by atoms with E-state index in [1.165, 1.54) is 10.9 Å². The lowest BCUT2D eigenvalue weighted by Gasteiger charge is -2.05. The van der Waals surface area contributed by atoms with Crippen molar-refractivity contribution < 1.29 is 4.74 Å². The fourth-order valence-corrected chi connectivity index (χ4v) is 2.82. The minimum Gasteiger partial charge on any atom is -0.494 e. The van der Waals surface area contributed by atoms with E-state index in [1.807, 2.05) is 6.07 Å². The molecule has 0 spiro atoms. The summed E-state index contributed by atoms with van der Waals surface area (Å²) in [4.78, 5) is 0. The zero-order valence-electron chi connectivity index (χ0n) is 7.43. The quantitative estimate of drug-likeness (QED) is 0.697. The predicted molar refractivity (Wildman–Crippen MR) is 58.1 cm³/mol. The lowest BCUT2D eigenvalue weighted by atomic mass is 10.1. The molecule has 13 heavy (non-hydrogen) atoms. The molecule has 0 aliphatic carbocycles. The third-order valence-corrected chi connectivity index (χ3v) is 3.25. The predicted octanol–water partition coefficient (Wildman–Crippen LogP) is 3.87. The Bertz CT molecular complexity index is 447. The highest BCUT2D eigenvalue weighted by Crippen LogP contribution is 2.38. The standard InChI is InChI=1S/C10H9ClOS/c1-6-5-8(11)9(12-2)10-7(6)3-4-13-10/h3-5H,1-2H3. The molecule has 0 bridgehead atoms. The minimum absolute atomic E-state index is 0.690. The van der Waals surface area contributed by atoms with Crippen molar-refractivity contribution in [1.82, 2.24) is 0 Å². The number of hydrogen-bond donors (Lipinski definition) is 0. The lowest BCUT2D eigenvalue weighted by Crippen LogP contribution is -1.85. The number of ether oxygens (including phenoxy) is 1. The fraction of sp³-hybridized carbons (Fsp3) is 0.200. The first-order valence-electron chi connectivity index (χ1n) is 3.94. The summed E-state index contributed by atoms with van der Waals surface area (Å²) >= 11 is 7.70. The maximum atomic E-state index is 6.05. The highest BCUT2D eigenvalue weighted by Gasteiger charge is 2.09. The molecule has 0 radical (unpaired) electrons. The number of benzene rings is 1. The van der Waals surface area contributed by atoms with Gasteiger partial charge < -0.3 is 4.74 Å². The van der Waals surface area contributed by atoms with Crippen LogP contribution in [-0.2, 0) is 0 Å². The Hall–Kier alpha value is -0.730. The van der Waals surface area contributed by atoms with Crippen molar-refractivity contribution in [1.29, 1.82) is 0 Å². The molecule has 0 amide bonds. The van der Waals surface area contributed by atoms with Crippen molar-refractivity contribution in [2.24, 2.45) is 0 Å². The molecule has 1 nitrogen and oxygen atoms in total. The molecular formula is C10H9ClOS. The molecule has 1 aromatic carbocycles. The van der Waals surface area contributed by atoms with Crippen LogP contribution >= 0.6 is 22.9 Å². The Morgan fingerprint density at radius 2 is 2.23 bits per heavy atom. The molecule has 1 aromatic heterocycles. The van der Waals surface area contributed by atoms with Crippen molar-refractivity contribution >= 4 is 33.0 Å². The van der Waals surface area contributed by atoms with Gasteiger partial charge in [-0.3, -0.25) is 0 Å². The SMILES string of the molecule is COc1c(Cl)cc(C)c2ccsc12. The number of rotatable bonds is 1. The highest BCUT2D eigenvalue weighted by atomic mass is 35.5. The molecule has 0 N–H and O–H groups in total. The lowest BCUT2D eigenvalue weighted by molar-refractivity contribution is 0.420. The van der Waals surface area contributed by atoms with Gasteiger partial charge in [0.25, 0.3) is 0 Å². The minimum atomic E-state index is 0.690. The molecule has 0 fully saturated rings. The average molecular weight is 213 g/mol. The topological polar surface area (TPSA) is 9.23 Å². The molecule has 2 aromatic rings. The Balaban J connectivity index is 2.88. The number of fused-ring (bicyclic) bond motifs is 1. The monoisotopic (exact) mass is 212 g/mol. The van der Waals surface area contributed by atoms with Crippen LogP contribution in [0.15, 0.2) is 17.5 Å². The average Bonchev–Trinajstić information content (AvgIpc) is 2.53. The summed E-state index contributed by atoms with van der Waals surface area (Å²) < 4.78 is 6.38. The number of aryl methyl sites for hydroxylation is 1. The van der Waals surface area contributed by atoms with Crippen LogP contribution in [0.25, 0.3) is 10.1 Å². The van der Waals surface area contributed by atoms with E-state index >= 15 is 0 Å². The molecular weight excluding hydrogens is 204 g/mol. The highest BCUT2D eigenvalue weighted by molar-refractivity contribution is 7.17. The van der Waals surface area contributed by atoms with Gasteiger partial charge in [-0.15, -0.1) is 11.3 Å². The Morgan fingerprint density at radius 3 is 2.92 bits per heavy atom. The second-order valence-corrected chi connectivity index (χ2v) is 4.20. The number of methoxy groups -OCH3 is 1. The smallest absolute Gasteiger partial charge is 0.155 e. The third kappa shape index (κ3) is 1.30. The molecule has 0 aliphatic rings. The number of halogens is 1. The van der Waals surface area contributed by atoms with Crippen molar-refractivity contribution in [3.8, 4) is 5.75 Å². The van der Waals surface area contributed by atoms with Gasteiger partial charge in [0.2, 0.25) is 0 Å². The molecule has 3 heteroatoms. The molecule has 1 heterocycles. The van der Waals surface area contributed by atoms with Crippen molar-refractivity contribution in [3.05, 3.63) is 28.1 Å². The van der Waals surface area contributed by atoms with E-state index in [0.29, 0.717) is 5.02 Å². The van der Waals surface area contributed by atoms with E-state index in [1.54, 1.807) is 18.4 Å². The van der Waals surface area contributed by atoms with Crippen LogP contribution in [0.2, 0.25) is 5.02 Å². The van der Waals surface area contributed by atoms with E-state index in [-0.39, 0.29) is 0 Å². The molecule has 68 valence electrons. The van der Waals surface area contributed by atoms with Crippen LogP contribution in [0.5, 0.6) is 5.75 Å². The second kappa shape index (κ2) is 3.20. The van der Waals surface area contributed by atoms with Crippen LogP contribution in [0.3, 0.4) is 0 Å². The summed E-state index contributed by atoms with van der Waals surface area (Å²) in [5.74, 6) is 0.789. The molecule has 0 saturated carbocycles. The van der Waals surface area contributed by atoms with Gasteiger partial charge in [0, 0.05) is 0 Å². The van der Waals surface area contributed by atoms with Crippen LogP contribution in [0.4, 0.5) is 0 Å². The van der Waals surface area contributed by atoms with Crippen LogP contribution < -0.4 is 4.74 Å². The van der Waals surface area contributed by atoms with Gasteiger partial charge in [0.15, 0.2) is 5.75 Å². The van der Waals surface area contributed by atoms with E-state index in [4.69, 9.17) is 16.3 Å². The fourth-order valence-electron chi connectivity index (χ4n) is 1.43. The number of hydrogen-bond acceptors (Lipinski definition) is 2. The summed E-state index contributed by atoms with van der Waals surface area (Å²) in [6.07, 6.45) is 0. The van der Waals surface area contributed by atoms with Crippen molar-refractivity contribution in [3.63, 3.8) is 0 Å². The normalized spacial score (nSPS) is 10.7. The van der Waals surface area contributed by atoms with Gasteiger partial charge in [-0.2, -0.15) is 0 Å². The number of thiophene rings is 1. The summed E-state index contributed by atoms with van der Waals surface area (Å²) in [5.41, 5.74) is 1.20. The molecule has 0 saturated heterocycles. The Kier molecular flexibility index (Phi) is 2.18. The van der Waals surface area contributed by atoms with Crippen LogP contribution in [0, 0.1) is 6.92 Å². The molecule has 0 aliphatic heterocycles. The van der Waals surface area contributed by atoms with Crippen LogP contribution in [-0.4, -0.2) is 7.11 Å². The second-order valence-electron chi connectivity index (χ2n) is 2.87. The largest absolute Gasteiger partial charge is 0.494 e.